The lowest BCUT2D eigenvalue weighted by Gasteiger charge is -2.25. The summed E-state index contributed by atoms with van der Waals surface area (Å²) in [6, 6.07) is 67.7. The van der Waals surface area contributed by atoms with E-state index >= 15 is 0 Å². The van der Waals surface area contributed by atoms with E-state index in [2.05, 4.69) is 130 Å². The zero-order chi connectivity index (χ0) is 46.4. The average Bonchev–Trinajstić information content (AvgIpc) is 4.23. The Balaban J connectivity index is 1.27. The van der Waals surface area contributed by atoms with E-state index in [1.807, 2.05) is 84.9 Å². The summed E-state index contributed by atoms with van der Waals surface area (Å²) in [6.45, 7) is 11.6. The molecule has 6 nitrogen and oxygen atoms in total. The molecule has 5 heterocycles. The van der Waals surface area contributed by atoms with Gasteiger partial charge in [0.05, 0.1) is 50.3 Å². The van der Waals surface area contributed by atoms with Gasteiger partial charge < -0.3 is 18.0 Å². The molecule has 0 aliphatic heterocycles. The maximum Gasteiger partial charge on any atom is 0.220 e. The number of rotatable bonds is 4. The molecule has 10 aromatic carbocycles. The van der Waals surface area contributed by atoms with Gasteiger partial charge in [0.15, 0.2) is 11.2 Å². The number of hydrogen-bond acceptors (Lipinski definition) is 4. The quantitative estimate of drug-likeness (QED) is 0.165. The Hall–Kier alpha value is -9.40. The average molecular weight is 911 g/mol. The molecule has 0 N–H and O–H groups in total. The number of nitriles is 1. The molecule has 0 fully saturated rings. The molecule has 0 aliphatic rings. The fourth-order valence-corrected chi connectivity index (χ4v) is 12.8. The minimum absolute atomic E-state index is 0.342. The summed E-state index contributed by atoms with van der Waals surface area (Å²) in [5.74, 6) is 0. The van der Waals surface area contributed by atoms with Gasteiger partial charge in [-0.15, -0.1) is 11.3 Å². The number of fused-ring (bicyclic) bond motifs is 18. The molecule has 5 aromatic heterocycles. The van der Waals surface area contributed by atoms with Crippen LogP contribution in [-0.4, -0.2) is 9.13 Å². The molecule has 70 heavy (non-hydrogen) atoms. The summed E-state index contributed by atoms with van der Waals surface area (Å²) in [6.07, 6.45) is 0. The second kappa shape index (κ2) is 14.3. The molecule has 0 spiro atoms. The number of para-hydroxylation sites is 2. The van der Waals surface area contributed by atoms with E-state index in [4.69, 9.17) is 8.83 Å². The Morgan fingerprint density at radius 2 is 1.01 bits per heavy atom. The Bertz CT molecular complexity index is 4730. The second-order valence-electron chi connectivity index (χ2n) is 18.1. The monoisotopic (exact) mass is 910 g/mol. The van der Waals surface area contributed by atoms with Crippen molar-refractivity contribution >= 4 is 125 Å². The first-order valence-electron chi connectivity index (χ1n) is 23.3. The van der Waals surface area contributed by atoms with Crippen LogP contribution in [0.2, 0.25) is 0 Å². The van der Waals surface area contributed by atoms with Crippen molar-refractivity contribution in [1.29, 1.82) is 5.26 Å². The number of nitrogens with zero attached hydrogens (tertiary/aromatic N) is 4. The Morgan fingerprint density at radius 1 is 0.486 bits per heavy atom. The van der Waals surface area contributed by atoms with Gasteiger partial charge in [0.25, 0.3) is 0 Å². The largest absolute Gasteiger partial charge is 0.454 e. The van der Waals surface area contributed by atoms with E-state index in [9.17, 15) is 11.8 Å². The van der Waals surface area contributed by atoms with Gasteiger partial charge in [0.2, 0.25) is 5.69 Å². The van der Waals surface area contributed by atoms with Gasteiger partial charge in [-0.05, 0) is 60.5 Å². The topological polar surface area (TPSA) is 64.3 Å². The highest BCUT2D eigenvalue weighted by Gasteiger charge is 2.34. The van der Waals surface area contributed by atoms with Crippen molar-refractivity contribution in [1.82, 2.24) is 9.13 Å². The minimum Gasteiger partial charge on any atom is -0.454 e. The molecule has 0 amide bonds. The van der Waals surface area contributed by atoms with Gasteiger partial charge in [-0.1, -0.05) is 151 Å². The summed E-state index contributed by atoms with van der Waals surface area (Å²) in [5, 5.41) is 22.4. The van der Waals surface area contributed by atoms with Gasteiger partial charge in [0, 0.05) is 69.7 Å². The van der Waals surface area contributed by atoms with Crippen molar-refractivity contribution in [3.05, 3.63) is 211 Å². The lowest BCUT2D eigenvalue weighted by molar-refractivity contribution is 0.669. The van der Waals surface area contributed by atoms with E-state index in [1.54, 1.807) is 11.3 Å². The van der Waals surface area contributed by atoms with Crippen LogP contribution in [0, 0.1) is 24.8 Å². The Labute approximate surface area is 403 Å². The van der Waals surface area contributed by atoms with Crippen LogP contribution < -0.4 is 0 Å². The smallest absolute Gasteiger partial charge is 0.220 e. The SMILES string of the molecule is [C-]#[N+]c1c(-c2ccccc2)c(C#N)c(-n2c3ccc(C)cc3c3ccc4c5ccccc5sc4c32)c(-c2ccccc2)c1-n1c2c(ccc3c4ccccc4oc32)c2ccc3c4ccccc4oc3c21. The zero-order valence-corrected chi connectivity index (χ0v) is 38.2. The first-order valence-corrected chi connectivity index (χ1v) is 24.1. The van der Waals surface area contributed by atoms with Crippen molar-refractivity contribution in [3.8, 4) is 39.7 Å². The van der Waals surface area contributed by atoms with E-state index in [1.165, 1.54) is 10.1 Å². The number of thiophene rings is 1. The van der Waals surface area contributed by atoms with Gasteiger partial charge in [-0.25, -0.2) is 4.85 Å². The standard InChI is InChI=1S/C63H34N4O2S/c1-35-25-32-49-47(33-35)43-28-31-46-40-21-11-14-24-52(40)70-63(46)59(43)66(49)56-48(34-64)53(36-15-5-3-6-16-36)55(65-2)60(54(56)37-17-7-4-8-18-37)67-57-41(26-29-44-38-19-9-12-22-50(38)68-61(44)57)42-27-30-45-39-20-10-13-23-51(39)69-62(45)58(42)67/h3-33H,1H3. The molecule has 0 radical (unpaired) electrons. The van der Waals surface area contributed by atoms with Crippen LogP contribution in [0.15, 0.2) is 197 Å². The lowest BCUT2D eigenvalue weighted by Crippen LogP contribution is -2.09. The van der Waals surface area contributed by atoms with Crippen molar-refractivity contribution in [2.45, 2.75) is 6.92 Å². The highest BCUT2D eigenvalue weighted by molar-refractivity contribution is 7.26. The van der Waals surface area contributed by atoms with Crippen LogP contribution >= 0.6 is 11.3 Å². The Kier molecular flexibility index (Phi) is 7.91. The van der Waals surface area contributed by atoms with E-state index in [0.29, 0.717) is 39.4 Å². The third kappa shape index (κ3) is 5.08. The number of furan rings is 2. The normalized spacial score (nSPS) is 12.0. The maximum absolute atomic E-state index is 12.1. The van der Waals surface area contributed by atoms with Gasteiger partial charge in [0.1, 0.15) is 17.2 Å². The summed E-state index contributed by atoms with van der Waals surface area (Å²) in [7, 11) is 0. The highest BCUT2D eigenvalue weighted by Crippen LogP contribution is 2.55. The molecule has 0 unspecified atom stereocenters. The van der Waals surface area contributed by atoms with Gasteiger partial charge in [-0.2, -0.15) is 5.26 Å². The Morgan fingerprint density at radius 3 is 1.63 bits per heavy atom. The van der Waals surface area contributed by atoms with Crippen LogP contribution in [0.1, 0.15) is 11.1 Å². The number of benzene rings is 10. The van der Waals surface area contributed by atoms with E-state index in [-0.39, 0.29) is 0 Å². The fraction of sp³-hybridized carbons (Fsp3) is 0.0159. The maximum atomic E-state index is 12.1. The summed E-state index contributed by atoms with van der Waals surface area (Å²) >= 11 is 1.77. The summed E-state index contributed by atoms with van der Waals surface area (Å²) in [5.41, 5.74) is 12.6. The number of aryl methyl sites for hydroxylation is 1. The molecule has 7 heteroatoms. The van der Waals surface area contributed by atoms with Crippen molar-refractivity contribution in [2.75, 3.05) is 0 Å². The van der Waals surface area contributed by atoms with Crippen molar-refractivity contribution < 1.29 is 8.83 Å². The molecule has 0 saturated heterocycles. The molecule has 0 aliphatic carbocycles. The van der Waals surface area contributed by atoms with Crippen LogP contribution in [0.3, 0.4) is 0 Å². The van der Waals surface area contributed by atoms with Crippen LogP contribution in [0.25, 0.3) is 146 Å². The second-order valence-corrected chi connectivity index (χ2v) is 19.2. The van der Waals surface area contributed by atoms with Gasteiger partial charge >= 0.3 is 0 Å². The molecule has 324 valence electrons. The van der Waals surface area contributed by atoms with Gasteiger partial charge in [-0.3, -0.25) is 0 Å². The fourth-order valence-electron chi connectivity index (χ4n) is 11.5. The third-order valence-corrected chi connectivity index (χ3v) is 15.6. The summed E-state index contributed by atoms with van der Waals surface area (Å²) < 4.78 is 21.0. The minimum atomic E-state index is 0.342. The van der Waals surface area contributed by atoms with E-state index < -0.39 is 0 Å². The predicted octanol–water partition coefficient (Wildman–Crippen LogP) is 18.1. The predicted molar refractivity (Wildman–Crippen MR) is 289 cm³/mol. The van der Waals surface area contributed by atoms with Crippen LogP contribution in [-0.2, 0) is 0 Å². The van der Waals surface area contributed by atoms with E-state index in [0.717, 1.165) is 109 Å². The van der Waals surface area contributed by atoms with Crippen molar-refractivity contribution in [3.63, 3.8) is 0 Å². The first-order chi connectivity index (χ1) is 34.6. The molecule has 15 rings (SSSR count). The molecule has 0 atom stereocenters. The zero-order valence-electron chi connectivity index (χ0n) is 37.4. The molecule has 15 aromatic rings. The van der Waals surface area contributed by atoms with Crippen LogP contribution in [0.5, 0.6) is 0 Å². The van der Waals surface area contributed by atoms with Crippen molar-refractivity contribution in [2.24, 2.45) is 0 Å². The lowest BCUT2D eigenvalue weighted by atomic mass is 9.88. The molecule has 0 saturated carbocycles. The third-order valence-electron chi connectivity index (χ3n) is 14.4. The molecular weight excluding hydrogens is 877 g/mol. The summed E-state index contributed by atoms with van der Waals surface area (Å²) in [4.78, 5) is 4.60. The molecular formula is C63H34N4O2S. The molecule has 0 bridgehead atoms. The number of hydrogen-bond donors (Lipinski definition) is 0. The first kappa shape index (κ1) is 38.7. The number of aromatic nitrogens is 2. The highest BCUT2D eigenvalue weighted by atomic mass is 32.1. The van der Waals surface area contributed by atoms with Crippen LogP contribution in [0.4, 0.5) is 5.69 Å².